The number of hydrogen-bond donors (Lipinski definition) is 2. The van der Waals surface area contributed by atoms with E-state index in [0.717, 1.165) is 4.90 Å². The molecule has 0 saturated carbocycles. The molecule has 26 heavy (non-hydrogen) atoms. The highest BCUT2D eigenvalue weighted by Gasteiger charge is 2.31. The number of methoxy groups -OCH3 is 1. The Bertz CT molecular complexity index is 705. The summed E-state index contributed by atoms with van der Waals surface area (Å²) in [5.41, 5.74) is 0.354. The van der Waals surface area contributed by atoms with E-state index in [-0.39, 0.29) is 25.4 Å². The van der Waals surface area contributed by atoms with E-state index in [1.165, 1.54) is 14.0 Å². The lowest BCUT2D eigenvalue weighted by molar-refractivity contribution is -0.157. The largest absolute Gasteiger partial charge is 0.496 e. The van der Waals surface area contributed by atoms with Crippen LogP contribution in [0, 0.1) is 0 Å². The van der Waals surface area contributed by atoms with Crippen LogP contribution in [-0.4, -0.2) is 61.6 Å². The lowest BCUT2D eigenvalue weighted by atomic mass is 10.2. The van der Waals surface area contributed by atoms with E-state index in [9.17, 15) is 19.2 Å². The molecule has 1 aliphatic heterocycles. The van der Waals surface area contributed by atoms with E-state index in [1.807, 2.05) is 0 Å². The number of carbonyl (C=O) groups excluding carboxylic acids is 4. The molecule has 1 aliphatic rings. The minimum absolute atomic E-state index is 0.0425. The summed E-state index contributed by atoms with van der Waals surface area (Å²) in [6.07, 6.45) is -1.18. The summed E-state index contributed by atoms with van der Waals surface area (Å²) in [5, 5.41) is 5.09. The maximum atomic E-state index is 12.1. The number of esters is 1. The molecule has 0 radical (unpaired) electrons. The number of benzene rings is 1. The average molecular weight is 363 g/mol. The number of imide groups is 1. The number of ether oxygens (including phenoxy) is 2. The molecule has 0 bridgehead atoms. The van der Waals surface area contributed by atoms with Crippen molar-refractivity contribution in [1.29, 1.82) is 0 Å². The number of rotatable bonds is 7. The zero-order valence-electron chi connectivity index (χ0n) is 14.6. The van der Waals surface area contributed by atoms with Gasteiger partial charge < -0.3 is 20.1 Å². The Hall–Kier alpha value is -3.10. The zero-order chi connectivity index (χ0) is 19.1. The molecule has 1 heterocycles. The van der Waals surface area contributed by atoms with Crippen LogP contribution in [0.4, 0.5) is 4.79 Å². The van der Waals surface area contributed by atoms with Gasteiger partial charge in [0.25, 0.3) is 11.8 Å². The minimum atomic E-state index is -1.07. The summed E-state index contributed by atoms with van der Waals surface area (Å²) >= 11 is 0. The fraction of sp³-hybridized carbons (Fsp3) is 0.412. The van der Waals surface area contributed by atoms with Crippen LogP contribution in [0.2, 0.25) is 0 Å². The van der Waals surface area contributed by atoms with Gasteiger partial charge in [0.05, 0.1) is 19.1 Å². The lowest BCUT2D eigenvalue weighted by Crippen LogP contribution is -2.42. The molecule has 1 atom stereocenters. The SMILES string of the molecule is COc1ccccc1C(=O)NCCC(=O)O[C@@H](C)C(=O)N1CCNC1=O. The second kappa shape index (κ2) is 8.84. The van der Waals surface area contributed by atoms with Crippen LogP contribution in [0.25, 0.3) is 0 Å². The van der Waals surface area contributed by atoms with Crippen molar-refractivity contribution in [1.82, 2.24) is 15.5 Å². The molecule has 1 fully saturated rings. The van der Waals surface area contributed by atoms with E-state index in [4.69, 9.17) is 9.47 Å². The fourth-order valence-electron chi connectivity index (χ4n) is 2.41. The molecule has 9 heteroatoms. The molecule has 0 aliphatic carbocycles. The van der Waals surface area contributed by atoms with E-state index >= 15 is 0 Å². The number of nitrogens with one attached hydrogen (secondary N) is 2. The number of nitrogens with zero attached hydrogens (tertiary/aromatic N) is 1. The second-order valence-electron chi connectivity index (χ2n) is 5.56. The smallest absolute Gasteiger partial charge is 0.324 e. The lowest BCUT2D eigenvalue weighted by Gasteiger charge is -2.18. The van der Waals surface area contributed by atoms with Crippen LogP contribution in [0.15, 0.2) is 24.3 Å². The predicted octanol–water partition coefficient (Wildman–Crippen LogP) is 0.299. The van der Waals surface area contributed by atoms with Gasteiger partial charge in [-0.05, 0) is 19.1 Å². The van der Waals surface area contributed by atoms with Crippen LogP contribution >= 0.6 is 0 Å². The van der Waals surface area contributed by atoms with E-state index in [0.29, 0.717) is 17.9 Å². The standard InChI is InChI=1S/C17H21N3O6/c1-11(16(23)20-10-9-19-17(20)24)26-14(21)7-8-18-15(22)12-5-3-4-6-13(12)25-2/h3-6,11H,7-10H2,1-2H3,(H,18,22)(H,19,24)/t11-/m0/s1. The quantitative estimate of drug-likeness (QED) is 0.674. The van der Waals surface area contributed by atoms with Gasteiger partial charge in [0, 0.05) is 19.6 Å². The number of carbonyl (C=O) groups is 4. The van der Waals surface area contributed by atoms with Crippen molar-refractivity contribution in [2.24, 2.45) is 0 Å². The van der Waals surface area contributed by atoms with Gasteiger partial charge in [-0.1, -0.05) is 12.1 Å². The van der Waals surface area contributed by atoms with Crippen LogP contribution in [0.3, 0.4) is 0 Å². The van der Waals surface area contributed by atoms with Crippen LogP contribution < -0.4 is 15.4 Å². The molecule has 140 valence electrons. The predicted molar refractivity (Wildman–Crippen MR) is 90.6 cm³/mol. The van der Waals surface area contributed by atoms with Crippen molar-refractivity contribution >= 4 is 23.8 Å². The number of hydrogen-bond acceptors (Lipinski definition) is 6. The van der Waals surface area contributed by atoms with Gasteiger partial charge in [0.2, 0.25) is 0 Å². The molecular weight excluding hydrogens is 342 g/mol. The maximum Gasteiger partial charge on any atom is 0.324 e. The highest BCUT2D eigenvalue weighted by atomic mass is 16.5. The third-order valence-corrected chi connectivity index (χ3v) is 3.75. The highest BCUT2D eigenvalue weighted by molar-refractivity contribution is 5.98. The second-order valence-corrected chi connectivity index (χ2v) is 5.56. The first-order valence-corrected chi connectivity index (χ1v) is 8.14. The van der Waals surface area contributed by atoms with Crippen LogP contribution in [0.5, 0.6) is 5.75 Å². The third-order valence-electron chi connectivity index (χ3n) is 3.75. The van der Waals surface area contributed by atoms with Crippen LogP contribution in [0.1, 0.15) is 23.7 Å². The van der Waals surface area contributed by atoms with Crippen molar-refractivity contribution in [2.75, 3.05) is 26.7 Å². The van der Waals surface area contributed by atoms with E-state index < -0.39 is 24.0 Å². The van der Waals surface area contributed by atoms with E-state index in [2.05, 4.69) is 10.6 Å². The normalized spacial score (nSPS) is 14.4. The molecule has 1 aromatic rings. The molecule has 9 nitrogen and oxygen atoms in total. The van der Waals surface area contributed by atoms with Crippen molar-refractivity contribution in [2.45, 2.75) is 19.4 Å². The summed E-state index contributed by atoms with van der Waals surface area (Å²) in [6.45, 7) is 2.06. The van der Waals surface area contributed by atoms with Gasteiger partial charge in [-0.25, -0.2) is 4.79 Å². The topological polar surface area (TPSA) is 114 Å². The number of para-hydroxylation sites is 1. The van der Waals surface area contributed by atoms with Crippen molar-refractivity contribution in [3.63, 3.8) is 0 Å². The molecular formula is C17H21N3O6. The molecule has 1 aromatic carbocycles. The van der Waals surface area contributed by atoms with Crippen molar-refractivity contribution < 1.29 is 28.7 Å². The maximum absolute atomic E-state index is 12.1. The summed E-state index contributed by atoms with van der Waals surface area (Å²) in [5.74, 6) is -1.18. The van der Waals surface area contributed by atoms with Gasteiger partial charge in [0.15, 0.2) is 6.10 Å². The monoisotopic (exact) mass is 363 g/mol. The van der Waals surface area contributed by atoms with Gasteiger partial charge in [-0.15, -0.1) is 0 Å². The third kappa shape index (κ3) is 4.71. The highest BCUT2D eigenvalue weighted by Crippen LogP contribution is 2.16. The van der Waals surface area contributed by atoms with Crippen LogP contribution in [-0.2, 0) is 14.3 Å². The number of amides is 4. The average Bonchev–Trinajstić information content (AvgIpc) is 3.06. The van der Waals surface area contributed by atoms with Crippen molar-refractivity contribution in [3.8, 4) is 5.75 Å². The molecule has 4 amide bonds. The zero-order valence-corrected chi connectivity index (χ0v) is 14.6. The number of urea groups is 1. The van der Waals surface area contributed by atoms with Gasteiger partial charge in [0.1, 0.15) is 5.75 Å². The molecule has 0 aromatic heterocycles. The Morgan fingerprint density at radius 1 is 1.31 bits per heavy atom. The molecule has 2 rings (SSSR count). The van der Waals surface area contributed by atoms with Gasteiger partial charge in [-0.2, -0.15) is 0 Å². The Morgan fingerprint density at radius 2 is 2.04 bits per heavy atom. The molecule has 0 spiro atoms. The summed E-state index contributed by atoms with van der Waals surface area (Å²) < 4.78 is 10.1. The Morgan fingerprint density at radius 3 is 2.69 bits per heavy atom. The van der Waals surface area contributed by atoms with Crippen molar-refractivity contribution in [3.05, 3.63) is 29.8 Å². The summed E-state index contributed by atoms with van der Waals surface area (Å²) in [6, 6.07) is 6.21. The van der Waals surface area contributed by atoms with Gasteiger partial charge >= 0.3 is 12.0 Å². The summed E-state index contributed by atoms with van der Waals surface area (Å²) in [7, 11) is 1.46. The molecule has 1 saturated heterocycles. The Labute approximate surface area is 150 Å². The molecule has 2 N–H and O–H groups in total. The first kappa shape index (κ1) is 19.2. The molecule has 0 unspecified atom stereocenters. The first-order chi connectivity index (χ1) is 12.4. The summed E-state index contributed by atoms with van der Waals surface area (Å²) in [4.78, 5) is 48.4. The minimum Gasteiger partial charge on any atom is -0.496 e. The van der Waals surface area contributed by atoms with Gasteiger partial charge in [-0.3, -0.25) is 19.3 Å². The Balaban J connectivity index is 1.77. The fourth-order valence-corrected chi connectivity index (χ4v) is 2.41. The Kier molecular flexibility index (Phi) is 6.54. The first-order valence-electron chi connectivity index (χ1n) is 8.14. The van der Waals surface area contributed by atoms with E-state index in [1.54, 1.807) is 24.3 Å².